The number of methoxy groups -OCH3 is 1. The van der Waals surface area contributed by atoms with Crippen LogP contribution in [-0.4, -0.2) is 24.5 Å². The lowest BCUT2D eigenvalue weighted by Gasteiger charge is -2.13. The molecule has 1 aromatic rings. The standard InChI is InChI=1S/C10H11F2NO2/c1-15-10(14)8(6-9(11)12)7-2-4-13-5-3-7/h2-5,8-9H,6H2,1H3. The maximum absolute atomic E-state index is 12.2. The van der Waals surface area contributed by atoms with Crippen LogP contribution in [0.1, 0.15) is 17.9 Å². The van der Waals surface area contributed by atoms with Crippen molar-refractivity contribution < 1.29 is 18.3 Å². The highest BCUT2D eigenvalue weighted by molar-refractivity contribution is 5.77. The Bertz CT molecular complexity index is 316. The van der Waals surface area contributed by atoms with Crippen LogP contribution in [0, 0.1) is 0 Å². The van der Waals surface area contributed by atoms with Gasteiger partial charge in [0.2, 0.25) is 6.43 Å². The zero-order chi connectivity index (χ0) is 11.3. The molecule has 0 aliphatic heterocycles. The SMILES string of the molecule is COC(=O)C(CC(F)F)c1ccncc1. The summed E-state index contributed by atoms with van der Waals surface area (Å²) in [6.07, 6.45) is -0.160. The highest BCUT2D eigenvalue weighted by Crippen LogP contribution is 2.23. The summed E-state index contributed by atoms with van der Waals surface area (Å²) in [7, 11) is 1.18. The number of alkyl halides is 2. The molecule has 0 bridgehead atoms. The van der Waals surface area contributed by atoms with E-state index in [1.165, 1.54) is 31.6 Å². The smallest absolute Gasteiger partial charge is 0.313 e. The molecule has 1 aromatic heterocycles. The third kappa shape index (κ3) is 3.27. The Kier molecular flexibility index (Phi) is 4.15. The lowest BCUT2D eigenvalue weighted by Crippen LogP contribution is -2.17. The summed E-state index contributed by atoms with van der Waals surface area (Å²) in [5, 5.41) is 0. The van der Waals surface area contributed by atoms with Gasteiger partial charge < -0.3 is 4.74 Å². The van der Waals surface area contributed by atoms with Crippen molar-refractivity contribution in [2.45, 2.75) is 18.8 Å². The number of aromatic nitrogens is 1. The molecule has 5 heteroatoms. The summed E-state index contributed by atoms with van der Waals surface area (Å²) in [6.45, 7) is 0. The van der Waals surface area contributed by atoms with Gasteiger partial charge >= 0.3 is 5.97 Å². The molecule has 0 aromatic carbocycles. The van der Waals surface area contributed by atoms with Gasteiger partial charge in [0.1, 0.15) is 0 Å². The second-order valence-corrected chi connectivity index (χ2v) is 2.98. The number of ether oxygens (including phenoxy) is 1. The second kappa shape index (κ2) is 5.38. The van der Waals surface area contributed by atoms with E-state index >= 15 is 0 Å². The van der Waals surface area contributed by atoms with Crippen LogP contribution in [0.4, 0.5) is 8.78 Å². The van der Waals surface area contributed by atoms with Crippen LogP contribution in [0.3, 0.4) is 0 Å². The monoisotopic (exact) mass is 215 g/mol. The zero-order valence-corrected chi connectivity index (χ0v) is 8.19. The summed E-state index contributed by atoms with van der Waals surface area (Å²) in [5.41, 5.74) is 0.497. The van der Waals surface area contributed by atoms with Crippen molar-refractivity contribution in [3.63, 3.8) is 0 Å². The first-order valence-electron chi connectivity index (χ1n) is 4.41. The summed E-state index contributed by atoms with van der Waals surface area (Å²) >= 11 is 0. The summed E-state index contributed by atoms with van der Waals surface area (Å²) < 4.78 is 29.0. The number of pyridine rings is 1. The number of rotatable bonds is 4. The largest absolute Gasteiger partial charge is 0.469 e. The molecular formula is C10H11F2NO2. The predicted octanol–water partition coefficient (Wildman–Crippen LogP) is 1.99. The number of esters is 1. The minimum atomic E-state index is -2.54. The van der Waals surface area contributed by atoms with Crippen LogP contribution >= 0.6 is 0 Å². The summed E-state index contributed by atoms with van der Waals surface area (Å²) in [6, 6.07) is 3.06. The third-order valence-electron chi connectivity index (χ3n) is 2.01. The van der Waals surface area contributed by atoms with Gasteiger partial charge in [-0.2, -0.15) is 0 Å². The van der Waals surface area contributed by atoms with Crippen LogP contribution < -0.4 is 0 Å². The van der Waals surface area contributed by atoms with Crippen molar-refractivity contribution in [3.05, 3.63) is 30.1 Å². The van der Waals surface area contributed by atoms with Gasteiger partial charge in [-0.1, -0.05) is 0 Å². The summed E-state index contributed by atoms with van der Waals surface area (Å²) in [4.78, 5) is 15.0. The van der Waals surface area contributed by atoms with Crippen molar-refractivity contribution >= 4 is 5.97 Å². The fourth-order valence-corrected chi connectivity index (χ4v) is 1.28. The van der Waals surface area contributed by atoms with Crippen molar-refractivity contribution in [3.8, 4) is 0 Å². The average molecular weight is 215 g/mol. The first kappa shape index (κ1) is 11.6. The Morgan fingerprint density at radius 2 is 2.07 bits per heavy atom. The molecule has 0 saturated heterocycles. The van der Waals surface area contributed by atoms with E-state index in [1.807, 2.05) is 0 Å². The van der Waals surface area contributed by atoms with Crippen LogP contribution in [0.15, 0.2) is 24.5 Å². The molecule has 1 atom stereocenters. The molecule has 0 spiro atoms. The molecule has 82 valence electrons. The molecule has 15 heavy (non-hydrogen) atoms. The predicted molar refractivity (Wildman–Crippen MR) is 49.6 cm³/mol. The number of hydrogen-bond acceptors (Lipinski definition) is 3. The van der Waals surface area contributed by atoms with Gasteiger partial charge in [0, 0.05) is 18.8 Å². The highest BCUT2D eigenvalue weighted by atomic mass is 19.3. The van der Waals surface area contributed by atoms with Gasteiger partial charge in [0.05, 0.1) is 13.0 Å². The van der Waals surface area contributed by atoms with E-state index in [0.717, 1.165) is 0 Å². The normalized spacial score (nSPS) is 12.5. The average Bonchev–Trinajstić information content (AvgIpc) is 2.26. The Labute approximate surface area is 86.1 Å². The van der Waals surface area contributed by atoms with Gasteiger partial charge in [0.25, 0.3) is 0 Å². The van der Waals surface area contributed by atoms with Crippen LogP contribution in [0.25, 0.3) is 0 Å². The zero-order valence-electron chi connectivity index (χ0n) is 8.19. The van der Waals surface area contributed by atoms with Gasteiger partial charge in [-0.05, 0) is 17.7 Å². The van der Waals surface area contributed by atoms with E-state index in [2.05, 4.69) is 9.72 Å². The first-order chi connectivity index (χ1) is 7.15. The maximum Gasteiger partial charge on any atom is 0.313 e. The molecule has 0 radical (unpaired) electrons. The maximum atomic E-state index is 12.2. The number of halogens is 2. The third-order valence-corrected chi connectivity index (χ3v) is 2.01. The lowest BCUT2D eigenvalue weighted by atomic mass is 9.97. The van der Waals surface area contributed by atoms with Gasteiger partial charge in [-0.3, -0.25) is 9.78 Å². The minimum absolute atomic E-state index is 0.497. The lowest BCUT2D eigenvalue weighted by molar-refractivity contribution is -0.143. The molecule has 1 heterocycles. The van der Waals surface area contributed by atoms with Crippen LogP contribution in [-0.2, 0) is 9.53 Å². The molecule has 0 amide bonds. The first-order valence-corrected chi connectivity index (χ1v) is 4.41. The number of nitrogens with zero attached hydrogens (tertiary/aromatic N) is 1. The molecule has 3 nitrogen and oxygen atoms in total. The van der Waals surface area contributed by atoms with Crippen LogP contribution in [0.2, 0.25) is 0 Å². The van der Waals surface area contributed by atoms with Crippen molar-refractivity contribution in [2.24, 2.45) is 0 Å². The Morgan fingerprint density at radius 3 is 2.53 bits per heavy atom. The molecule has 0 N–H and O–H groups in total. The van der Waals surface area contributed by atoms with E-state index in [0.29, 0.717) is 5.56 Å². The van der Waals surface area contributed by atoms with Gasteiger partial charge in [-0.25, -0.2) is 8.78 Å². The van der Waals surface area contributed by atoms with E-state index in [4.69, 9.17) is 0 Å². The fourth-order valence-electron chi connectivity index (χ4n) is 1.28. The highest BCUT2D eigenvalue weighted by Gasteiger charge is 2.25. The number of hydrogen-bond donors (Lipinski definition) is 0. The molecule has 1 rings (SSSR count). The fraction of sp³-hybridized carbons (Fsp3) is 0.400. The van der Waals surface area contributed by atoms with E-state index < -0.39 is 24.7 Å². The number of carbonyl (C=O) groups is 1. The Hall–Kier alpha value is -1.52. The van der Waals surface area contributed by atoms with E-state index in [9.17, 15) is 13.6 Å². The molecular weight excluding hydrogens is 204 g/mol. The second-order valence-electron chi connectivity index (χ2n) is 2.98. The molecule has 0 saturated carbocycles. The molecule has 1 unspecified atom stereocenters. The van der Waals surface area contributed by atoms with Crippen molar-refractivity contribution in [2.75, 3.05) is 7.11 Å². The minimum Gasteiger partial charge on any atom is -0.469 e. The summed E-state index contributed by atoms with van der Waals surface area (Å²) in [5.74, 6) is -1.57. The van der Waals surface area contributed by atoms with Crippen molar-refractivity contribution in [1.82, 2.24) is 4.98 Å². The Balaban J connectivity index is 2.86. The number of carbonyl (C=O) groups excluding carboxylic acids is 1. The van der Waals surface area contributed by atoms with Gasteiger partial charge in [0.15, 0.2) is 0 Å². The molecule has 0 aliphatic rings. The van der Waals surface area contributed by atoms with E-state index in [1.54, 1.807) is 0 Å². The molecule has 0 fully saturated rings. The van der Waals surface area contributed by atoms with Crippen molar-refractivity contribution in [1.29, 1.82) is 0 Å². The van der Waals surface area contributed by atoms with Crippen LogP contribution in [0.5, 0.6) is 0 Å². The Morgan fingerprint density at radius 1 is 1.47 bits per heavy atom. The topological polar surface area (TPSA) is 39.2 Å². The van der Waals surface area contributed by atoms with E-state index in [-0.39, 0.29) is 0 Å². The van der Waals surface area contributed by atoms with Gasteiger partial charge in [-0.15, -0.1) is 0 Å². The molecule has 0 aliphatic carbocycles. The quantitative estimate of drug-likeness (QED) is 0.721.